The van der Waals surface area contributed by atoms with E-state index in [9.17, 15) is 9.18 Å². The lowest BCUT2D eigenvalue weighted by atomic mass is 9.77. The Morgan fingerprint density at radius 3 is 2.62 bits per heavy atom. The van der Waals surface area contributed by atoms with Crippen molar-refractivity contribution in [1.82, 2.24) is 4.98 Å². The number of aryl methyl sites for hydroxylation is 1. The van der Waals surface area contributed by atoms with Crippen LogP contribution >= 0.6 is 0 Å². The van der Waals surface area contributed by atoms with Gasteiger partial charge in [-0.25, -0.2) is 9.37 Å². The highest BCUT2D eigenvalue weighted by Gasteiger charge is 2.44. The predicted octanol–water partition coefficient (Wildman–Crippen LogP) is 4.77. The number of rotatable bonds is 6. The van der Waals surface area contributed by atoms with Crippen molar-refractivity contribution in [2.45, 2.75) is 51.4 Å². The SMILES string of the molecule is CCCOc1ccc(NC(=O)C2(c3ccccc3F)CCCC2)c(C)n1. The van der Waals surface area contributed by atoms with Gasteiger partial charge in [-0.15, -0.1) is 0 Å². The molecule has 1 aliphatic carbocycles. The van der Waals surface area contributed by atoms with Crippen molar-refractivity contribution in [3.05, 3.63) is 53.5 Å². The summed E-state index contributed by atoms with van der Waals surface area (Å²) < 4.78 is 20.0. The number of benzene rings is 1. The number of halogens is 1. The van der Waals surface area contributed by atoms with Gasteiger partial charge in [0.1, 0.15) is 5.82 Å². The molecule has 0 aliphatic heterocycles. The molecule has 138 valence electrons. The van der Waals surface area contributed by atoms with Crippen LogP contribution in [-0.4, -0.2) is 17.5 Å². The first-order valence-electron chi connectivity index (χ1n) is 9.24. The van der Waals surface area contributed by atoms with Crippen molar-refractivity contribution in [2.24, 2.45) is 0 Å². The molecule has 0 atom stereocenters. The Kier molecular flexibility index (Phi) is 5.55. The standard InChI is InChI=1S/C21H25FN2O2/c1-3-14-26-19-11-10-18(15(2)23-19)24-20(25)21(12-6-7-13-21)16-8-4-5-9-17(16)22/h4-5,8-11H,3,6-7,12-14H2,1-2H3,(H,24,25). The molecule has 0 radical (unpaired) electrons. The molecular formula is C21H25FN2O2. The normalized spacial score (nSPS) is 15.7. The zero-order valence-electron chi connectivity index (χ0n) is 15.3. The number of aromatic nitrogens is 1. The Bertz CT molecular complexity index is 785. The van der Waals surface area contributed by atoms with Gasteiger partial charge in [0.2, 0.25) is 11.8 Å². The van der Waals surface area contributed by atoms with Gasteiger partial charge in [-0.2, -0.15) is 0 Å². The van der Waals surface area contributed by atoms with E-state index in [0.29, 0.717) is 42.3 Å². The van der Waals surface area contributed by atoms with E-state index in [-0.39, 0.29) is 11.7 Å². The average molecular weight is 356 g/mol. The summed E-state index contributed by atoms with van der Waals surface area (Å²) in [6, 6.07) is 10.2. The van der Waals surface area contributed by atoms with Crippen LogP contribution < -0.4 is 10.1 Å². The molecule has 1 aliphatic rings. The second kappa shape index (κ2) is 7.85. The minimum Gasteiger partial charge on any atom is -0.478 e. The molecule has 1 aromatic heterocycles. The molecule has 2 aromatic rings. The van der Waals surface area contributed by atoms with Crippen molar-refractivity contribution in [3.8, 4) is 5.88 Å². The number of carbonyl (C=O) groups excluding carboxylic acids is 1. The minimum atomic E-state index is -0.810. The van der Waals surface area contributed by atoms with E-state index in [1.807, 2.05) is 13.8 Å². The van der Waals surface area contributed by atoms with Gasteiger partial charge in [0.05, 0.1) is 23.4 Å². The zero-order valence-corrected chi connectivity index (χ0v) is 15.3. The third kappa shape index (κ3) is 3.57. The maximum absolute atomic E-state index is 14.4. The first-order valence-corrected chi connectivity index (χ1v) is 9.24. The van der Waals surface area contributed by atoms with E-state index in [1.54, 1.807) is 30.3 Å². The quantitative estimate of drug-likeness (QED) is 0.811. The van der Waals surface area contributed by atoms with Crippen LogP contribution in [0.1, 0.15) is 50.3 Å². The molecule has 1 N–H and O–H groups in total. The van der Waals surface area contributed by atoms with E-state index >= 15 is 0 Å². The summed E-state index contributed by atoms with van der Waals surface area (Å²) in [4.78, 5) is 17.6. The van der Waals surface area contributed by atoms with Crippen LogP contribution in [-0.2, 0) is 10.2 Å². The van der Waals surface area contributed by atoms with Crippen LogP contribution in [0.4, 0.5) is 10.1 Å². The minimum absolute atomic E-state index is 0.160. The number of anilines is 1. The summed E-state index contributed by atoms with van der Waals surface area (Å²) in [7, 11) is 0. The Morgan fingerprint density at radius 2 is 1.96 bits per heavy atom. The lowest BCUT2D eigenvalue weighted by Crippen LogP contribution is -2.39. The van der Waals surface area contributed by atoms with Gasteiger partial charge in [0.25, 0.3) is 0 Å². The number of hydrogen-bond acceptors (Lipinski definition) is 3. The van der Waals surface area contributed by atoms with Crippen molar-refractivity contribution >= 4 is 11.6 Å². The smallest absolute Gasteiger partial charge is 0.235 e. The highest BCUT2D eigenvalue weighted by Crippen LogP contribution is 2.43. The Labute approximate surface area is 153 Å². The number of amides is 1. The van der Waals surface area contributed by atoms with Gasteiger partial charge in [-0.1, -0.05) is 38.0 Å². The average Bonchev–Trinajstić information content (AvgIpc) is 3.13. The Hall–Kier alpha value is -2.43. The van der Waals surface area contributed by atoms with E-state index in [2.05, 4.69) is 10.3 Å². The molecule has 1 amide bonds. The van der Waals surface area contributed by atoms with Crippen LogP contribution in [0.15, 0.2) is 36.4 Å². The van der Waals surface area contributed by atoms with Crippen LogP contribution in [0.5, 0.6) is 5.88 Å². The van der Waals surface area contributed by atoms with Crippen molar-refractivity contribution in [2.75, 3.05) is 11.9 Å². The zero-order chi connectivity index (χ0) is 18.6. The van der Waals surface area contributed by atoms with Crippen molar-refractivity contribution < 1.29 is 13.9 Å². The summed E-state index contributed by atoms with van der Waals surface area (Å²) in [5.74, 6) is 0.0713. The molecule has 0 saturated heterocycles. The maximum Gasteiger partial charge on any atom is 0.235 e. The summed E-state index contributed by atoms with van der Waals surface area (Å²) >= 11 is 0. The summed E-state index contributed by atoms with van der Waals surface area (Å²) in [6.45, 7) is 4.47. The van der Waals surface area contributed by atoms with Gasteiger partial charge in [0.15, 0.2) is 0 Å². The molecular weight excluding hydrogens is 331 g/mol. The Balaban J connectivity index is 1.85. The van der Waals surface area contributed by atoms with E-state index in [4.69, 9.17) is 4.74 Å². The molecule has 1 heterocycles. The van der Waals surface area contributed by atoms with Crippen LogP contribution in [0.2, 0.25) is 0 Å². The molecule has 4 nitrogen and oxygen atoms in total. The van der Waals surface area contributed by atoms with E-state index in [0.717, 1.165) is 19.3 Å². The molecule has 0 unspecified atom stereocenters. The fraction of sp³-hybridized carbons (Fsp3) is 0.429. The van der Waals surface area contributed by atoms with Crippen molar-refractivity contribution in [3.63, 3.8) is 0 Å². The lowest BCUT2D eigenvalue weighted by Gasteiger charge is -2.29. The van der Waals surface area contributed by atoms with Gasteiger partial charge >= 0.3 is 0 Å². The number of pyridine rings is 1. The summed E-state index contributed by atoms with van der Waals surface area (Å²) in [5, 5.41) is 2.98. The molecule has 26 heavy (non-hydrogen) atoms. The predicted molar refractivity (Wildman–Crippen MR) is 99.9 cm³/mol. The van der Waals surface area contributed by atoms with Crippen molar-refractivity contribution in [1.29, 1.82) is 0 Å². The molecule has 5 heteroatoms. The maximum atomic E-state index is 14.4. The topological polar surface area (TPSA) is 51.2 Å². The monoisotopic (exact) mass is 356 g/mol. The van der Waals surface area contributed by atoms with Crippen LogP contribution in [0.3, 0.4) is 0 Å². The third-order valence-corrected chi connectivity index (χ3v) is 5.04. The van der Waals surface area contributed by atoms with Gasteiger partial charge in [-0.05, 0) is 38.3 Å². The van der Waals surface area contributed by atoms with Gasteiger partial charge in [0, 0.05) is 11.6 Å². The Morgan fingerprint density at radius 1 is 1.23 bits per heavy atom. The molecule has 1 aromatic carbocycles. The first kappa shape index (κ1) is 18.4. The largest absolute Gasteiger partial charge is 0.478 e. The molecule has 3 rings (SSSR count). The van der Waals surface area contributed by atoms with Gasteiger partial charge < -0.3 is 10.1 Å². The van der Waals surface area contributed by atoms with Crippen LogP contribution in [0, 0.1) is 12.7 Å². The summed E-state index contributed by atoms with van der Waals surface area (Å²) in [5.41, 5.74) is 1.01. The van der Waals surface area contributed by atoms with Crippen LogP contribution in [0.25, 0.3) is 0 Å². The third-order valence-electron chi connectivity index (χ3n) is 5.04. The molecule has 0 spiro atoms. The highest BCUT2D eigenvalue weighted by atomic mass is 19.1. The second-order valence-corrected chi connectivity index (χ2v) is 6.85. The number of hydrogen-bond donors (Lipinski definition) is 1. The summed E-state index contributed by atoms with van der Waals surface area (Å²) in [6.07, 6.45) is 4.06. The fourth-order valence-electron chi connectivity index (χ4n) is 3.65. The number of carbonyl (C=O) groups is 1. The van der Waals surface area contributed by atoms with E-state index < -0.39 is 5.41 Å². The van der Waals surface area contributed by atoms with Gasteiger partial charge in [-0.3, -0.25) is 4.79 Å². The lowest BCUT2D eigenvalue weighted by molar-refractivity contribution is -0.121. The number of nitrogens with zero attached hydrogens (tertiary/aromatic N) is 1. The molecule has 1 saturated carbocycles. The first-order chi connectivity index (χ1) is 12.6. The fourth-order valence-corrected chi connectivity index (χ4v) is 3.65. The molecule has 1 fully saturated rings. The highest BCUT2D eigenvalue weighted by molar-refractivity contribution is 5.99. The number of nitrogens with one attached hydrogen (secondary N) is 1. The number of ether oxygens (including phenoxy) is 1. The van der Waals surface area contributed by atoms with E-state index in [1.165, 1.54) is 6.07 Å². The molecule has 0 bridgehead atoms. The second-order valence-electron chi connectivity index (χ2n) is 6.85.